The number of alkyl halides is 1. The first-order chi connectivity index (χ1) is 7.42. The summed E-state index contributed by atoms with van der Waals surface area (Å²) in [6, 6.07) is 5.58. The van der Waals surface area contributed by atoms with Gasteiger partial charge in [0.25, 0.3) is 0 Å². The topological polar surface area (TPSA) is 52.3 Å². The fourth-order valence-corrected chi connectivity index (χ4v) is 1.62. The van der Waals surface area contributed by atoms with Crippen LogP contribution in [0, 0.1) is 0 Å². The minimum Gasteiger partial charge on any atom is -0.478 e. The van der Waals surface area contributed by atoms with Crippen LogP contribution in [0.25, 0.3) is 5.65 Å². The summed E-state index contributed by atoms with van der Waals surface area (Å²) in [5.41, 5.74) is 0.702. The first-order valence-electron chi connectivity index (χ1n) is 4.77. The van der Waals surface area contributed by atoms with Crippen LogP contribution in [0.15, 0.2) is 18.2 Å². The minimum absolute atomic E-state index is 0.685. The second-order valence-corrected chi connectivity index (χ2v) is 3.85. The number of nitrogens with zero attached hydrogens (tertiary/aromatic N) is 4. The standard InChI is InChI=1S/C9H11BrN4O/c10-6-1-2-7-15-9-5-3-4-8-11-12-13-14(8)9/h3-5H,1-2,6-7H2. The fourth-order valence-electron chi connectivity index (χ4n) is 1.22. The van der Waals surface area contributed by atoms with E-state index in [1.807, 2.05) is 18.2 Å². The van der Waals surface area contributed by atoms with Crippen LogP contribution in [0.5, 0.6) is 5.88 Å². The SMILES string of the molecule is BrCCCCOc1cccc2nnnn12. The van der Waals surface area contributed by atoms with Gasteiger partial charge in [-0.15, -0.1) is 5.10 Å². The Morgan fingerprint density at radius 1 is 1.33 bits per heavy atom. The van der Waals surface area contributed by atoms with Gasteiger partial charge in [-0.05, 0) is 29.3 Å². The number of aromatic nitrogens is 4. The number of halogens is 1. The largest absolute Gasteiger partial charge is 0.478 e. The van der Waals surface area contributed by atoms with Gasteiger partial charge in [0.05, 0.1) is 6.61 Å². The molecule has 15 heavy (non-hydrogen) atoms. The molecule has 2 rings (SSSR count). The van der Waals surface area contributed by atoms with E-state index in [0.29, 0.717) is 18.1 Å². The molecule has 80 valence electrons. The van der Waals surface area contributed by atoms with E-state index in [4.69, 9.17) is 4.74 Å². The number of unbranched alkanes of at least 4 members (excludes halogenated alkanes) is 1. The van der Waals surface area contributed by atoms with Crippen molar-refractivity contribution >= 4 is 21.6 Å². The summed E-state index contributed by atoms with van der Waals surface area (Å²) < 4.78 is 7.17. The number of rotatable bonds is 5. The van der Waals surface area contributed by atoms with Gasteiger partial charge in [0, 0.05) is 11.4 Å². The number of hydrogen-bond acceptors (Lipinski definition) is 4. The molecule has 5 nitrogen and oxygen atoms in total. The molecule has 0 fully saturated rings. The van der Waals surface area contributed by atoms with Gasteiger partial charge < -0.3 is 4.74 Å². The summed E-state index contributed by atoms with van der Waals surface area (Å²) in [5, 5.41) is 12.3. The Bertz CT molecular complexity index is 431. The number of hydrogen-bond donors (Lipinski definition) is 0. The quantitative estimate of drug-likeness (QED) is 0.613. The van der Waals surface area contributed by atoms with Crippen molar-refractivity contribution in [1.29, 1.82) is 0 Å². The Kier molecular flexibility index (Phi) is 3.49. The van der Waals surface area contributed by atoms with E-state index in [0.717, 1.165) is 18.2 Å². The molecular formula is C9H11BrN4O. The van der Waals surface area contributed by atoms with Crippen molar-refractivity contribution in [1.82, 2.24) is 20.0 Å². The van der Waals surface area contributed by atoms with E-state index in [1.165, 1.54) is 0 Å². The van der Waals surface area contributed by atoms with Crippen LogP contribution in [0.3, 0.4) is 0 Å². The summed E-state index contributed by atoms with van der Waals surface area (Å²) in [4.78, 5) is 0. The highest BCUT2D eigenvalue weighted by Gasteiger charge is 2.02. The fraction of sp³-hybridized carbons (Fsp3) is 0.444. The van der Waals surface area contributed by atoms with Crippen LogP contribution in [0.1, 0.15) is 12.8 Å². The second kappa shape index (κ2) is 5.06. The van der Waals surface area contributed by atoms with E-state index in [-0.39, 0.29) is 0 Å². The highest BCUT2D eigenvalue weighted by molar-refractivity contribution is 9.09. The van der Waals surface area contributed by atoms with E-state index >= 15 is 0 Å². The molecule has 0 aliphatic heterocycles. The van der Waals surface area contributed by atoms with Crippen molar-refractivity contribution < 1.29 is 4.74 Å². The zero-order valence-electron chi connectivity index (χ0n) is 8.14. The van der Waals surface area contributed by atoms with E-state index in [2.05, 4.69) is 31.5 Å². The average molecular weight is 271 g/mol. The summed E-state index contributed by atoms with van der Waals surface area (Å²) in [6.45, 7) is 0.685. The monoisotopic (exact) mass is 270 g/mol. The van der Waals surface area contributed by atoms with Crippen molar-refractivity contribution in [3.63, 3.8) is 0 Å². The van der Waals surface area contributed by atoms with Crippen LogP contribution in [0.2, 0.25) is 0 Å². The maximum absolute atomic E-state index is 5.58. The van der Waals surface area contributed by atoms with Crippen LogP contribution >= 0.6 is 15.9 Å². The van der Waals surface area contributed by atoms with Crippen LogP contribution in [-0.4, -0.2) is 32.0 Å². The Morgan fingerprint density at radius 2 is 2.27 bits per heavy atom. The van der Waals surface area contributed by atoms with Gasteiger partial charge in [0.2, 0.25) is 5.88 Å². The van der Waals surface area contributed by atoms with Crippen LogP contribution in [-0.2, 0) is 0 Å². The van der Waals surface area contributed by atoms with Gasteiger partial charge in [-0.25, -0.2) is 0 Å². The van der Waals surface area contributed by atoms with Crippen molar-refractivity contribution in [2.24, 2.45) is 0 Å². The Morgan fingerprint density at radius 3 is 3.13 bits per heavy atom. The molecule has 0 radical (unpaired) electrons. The summed E-state index contributed by atoms with van der Waals surface area (Å²) in [5.74, 6) is 0.687. The van der Waals surface area contributed by atoms with Gasteiger partial charge in [0.15, 0.2) is 5.65 Å². The Labute approximate surface area is 95.6 Å². The van der Waals surface area contributed by atoms with E-state index < -0.39 is 0 Å². The van der Waals surface area contributed by atoms with Crippen molar-refractivity contribution in [3.8, 4) is 5.88 Å². The molecule has 2 aromatic rings. The van der Waals surface area contributed by atoms with E-state index in [1.54, 1.807) is 4.52 Å². The molecule has 0 spiro atoms. The third-order valence-corrected chi connectivity index (χ3v) is 2.53. The molecule has 2 heterocycles. The molecule has 0 saturated carbocycles. The van der Waals surface area contributed by atoms with Crippen LogP contribution < -0.4 is 4.74 Å². The minimum atomic E-state index is 0.685. The normalized spacial score (nSPS) is 10.7. The molecule has 0 N–H and O–H groups in total. The molecule has 0 unspecified atom stereocenters. The molecule has 0 aromatic carbocycles. The van der Waals surface area contributed by atoms with Crippen LogP contribution in [0.4, 0.5) is 0 Å². The van der Waals surface area contributed by atoms with Crippen molar-refractivity contribution in [3.05, 3.63) is 18.2 Å². The maximum atomic E-state index is 5.58. The van der Waals surface area contributed by atoms with Gasteiger partial charge in [-0.1, -0.05) is 22.0 Å². The first-order valence-corrected chi connectivity index (χ1v) is 5.90. The lowest BCUT2D eigenvalue weighted by Gasteiger charge is -2.05. The molecule has 0 bridgehead atoms. The lowest BCUT2D eigenvalue weighted by atomic mass is 10.4. The highest BCUT2D eigenvalue weighted by atomic mass is 79.9. The predicted molar refractivity (Wildman–Crippen MR) is 59.3 cm³/mol. The van der Waals surface area contributed by atoms with Gasteiger partial charge >= 0.3 is 0 Å². The summed E-state index contributed by atoms with van der Waals surface area (Å²) in [7, 11) is 0. The number of pyridine rings is 1. The summed E-state index contributed by atoms with van der Waals surface area (Å²) in [6.07, 6.45) is 2.12. The predicted octanol–water partition coefficient (Wildman–Crippen LogP) is 1.68. The molecule has 6 heteroatoms. The smallest absolute Gasteiger partial charge is 0.218 e. The van der Waals surface area contributed by atoms with Gasteiger partial charge in [-0.3, -0.25) is 0 Å². The molecule has 0 aliphatic carbocycles. The second-order valence-electron chi connectivity index (χ2n) is 3.06. The highest BCUT2D eigenvalue weighted by Crippen LogP contribution is 2.11. The average Bonchev–Trinajstić information content (AvgIpc) is 2.73. The molecular weight excluding hydrogens is 260 g/mol. The maximum Gasteiger partial charge on any atom is 0.218 e. The van der Waals surface area contributed by atoms with Gasteiger partial charge in [-0.2, -0.15) is 4.52 Å². The third-order valence-electron chi connectivity index (χ3n) is 1.96. The number of fused-ring (bicyclic) bond motifs is 1. The van der Waals surface area contributed by atoms with Gasteiger partial charge in [0.1, 0.15) is 0 Å². The molecule has 0 aliphatic rings. The van der Waals surface area contributed by atoms with Crippen molar-refractivity contribution in [2.45, 2.75) is 12.8 Å². The number of tetrazole rings is 1. The lowest BCUT2D eigenvalue weighted by Crippen LogP contribution is -2.02. The zero-order valence-corrected chi connectivity index (χ0v) is 9.72. The third kappa shape index (κ3) is 2.44. The zero-order chi connectivity index (χ0) is 10.5. The number of ether oxygens (including phenoxy) is 1. The van der Waals surface area contributed by atoms with E-state index in [9.17, 15) is 0 Å². The molecule has 0 atom stereocenters. The Balaban J connectivity index is 2.04. The summed E-state index contributed by atoms with van der Waals surface area (Å²) >= 11 is 3.38. The lowest BCUT2D eigenvalue weighted by molar-refractivity contribution is 0.290. The molecule has 2 aromatic heterocycles. The molecule has 0 saturated heterocycles. The Hall–Kier alpha value is -1.17. The first kappa shape index (κ1) is 10.4. The van der Waals surface area contributed by atoms with Crippen molar-refractivity contribution in [2.75, 3.05) is 11.9 Å². The molecule has 0 amide bonds.